The molecule has 0 radical (unpaired) electrons. The summed E-state index contributed by atoms with van der Waals surface area (Å²) < 4.78 is 11.8. The number of hydrogen-bond donors (Lipinski definition) is 0. The highest BCUT2D eigenvalue weighted by Gasteiger charge is 2.65. The molecule has 2 fully saturated rings. The number of Topliss-reactive ketones (excluding diaryl/α,β-unsaturated/α-hetero) is 1. The number of rotatable bonds is 1. The van der Waals surface area contributed by atoms with E-state index >= 15 is 0 Å². The molecule has 1 saturated carbocycles. The summed E-state index contributed by atoms with van der Waals surface area (Å²) in [4.78, 5) is 15.1. The highest BCUT2D eigenvalue weighted by atomic mass is 35.5. The van der Waals surface area contributed by atoms with Gasteiger partial charge in [-0.1, -0.05) is 6.07 Å². The largest absolute Gasteiger partial charge is 0.493 e. The van der Waals surface area contributed by atoms with Gasteiger partial charge in [0.25, 0.3) is 0 Å². The molecule has 2 heterocycles. The molecule has 1 spiro atoms. The molecular weight excluding hydrogens is 346 g/mol. The number of likely N-dealkylation sites (N-methyl/N-ethyl adjacent to an activating group) is 1. The van der Waals surface area contributed by atoms with Crippen LogP contribution in [0.1, 0.15) is 30.4 Å². The van der Waals surface area contributed by atoms with E-state index in [2.05, 4.69) is 18.0 Å². The Bertz CT molecular complexity index is 696. The van der Waals surface area contributed by atoms with E-state index in [-0.39, 0.29) is 40.7 Å². The highest BCUT2D eigenvalue weighted by Crippen LogP contribution is 2.62. The minimum absolute atomic E-state index is 0. The average molecular weight is 372 g/mol. The van der Waals surface area contributed by atoms with Gasteiger partial charge in [0.2, 0.25) is 0 Å². The molecule has 2 aliphatic heterocycles. The van der Waals surface area contributed by atoms with Crippen LogP contribution in [0.3, 0.4) is 0 Å². The van der Waals surface area contributed by atoms with Gasteiger partial charge in [0.15, 0.2) is 23.4 Å². The van der Waals surface area contributed by atoms with Crippen molar-refractivity contribution < 1.29 is 25.2 Å². The fraction of sp³-hybridized carbons (Fsp3) is 0.611. The molecule has 0 unspecified atom stereocenters. The van der Waals surface area contributed by atoms with Crippen LogP contribution < -0.4 is 9.47 Å². The predicted molar refractivity (Wildman–Crippen MR) is 96.0 cm³/mol. The molecular formula is C18H26ClNO5. The lowest BCUT2D eigenvalue weighted by molar-refractivity contribution is -0.138. The SMILES string of the molecule is COc1ccc2c3c1O[C@H]1C(=O)CC[C@H]4[C@@H](C2)N(C)CC[C@]314.Cl.O.O. The summed E-state index contributed by atoms with van der Waals surface area (Å²) in [6.45, 7) is 1.05. The Kier molecular flexibility index (Phi) is 5.14. The number of ketones is 1. The lowest BCUT2D eigenvalue weighted by Gasteiger charge is -2.57. The number of ether oxygens (including phenoxy) is 2. The normalized spacial score (nSPS) is 33.8. The second-order valence-electron chi connectivity index (χ2n) is 7.28. The number of likely N-dealkylation sites (tertiary alicyclic amines) is 1. The Morgan fingerprint density at radius 2 is 2.08 bits per heavy atom. The Morgan fingerprint density at radius 1 is 1.32 bits per heavy atom. The molecule has 4 atom stereocenters. The van der Waals surface area contributed by atoms with E-state index in [9.17, 15) is 4.79 Å². The van der Waals surface area contributed by atoms with Crippen molar-refractivity contribution in [3.63, 3.8) is 0 Å². The third-order valence-corrected chi connectivity index (χ3v) is 6.59. The summed E-state index contributed by atoms with van der Waals surface area (Å²) in [7, 11) is 3.91. The molecule has 2 bridgehead atoms. The average Bonchev–Trinajstić information content (AvgIpc) is 2.88. The minimum Gasteiger partial charge on any atom is -0.493 e. The minimum atomic E-state index is -0.284. The Balaban J connectivity index is 0.000000751. The van der Waals surface area contributed by atoms with Gasteiger partial charge in [-0.25, -0.2) is 0 Å². The molecule has 7 heteroatoms. The summed E-state index contributed by atoms with van der Waals surface area (Å²) in [6.07, 6.45) is 3.47. The molecule has 6 nitrogen and oxygen atoms in total. The van der Waals surface area contributed by atoms with Gasteiger partial charge in [-0.15, -0.1) is 12.4 Å². The van der Waals surface area contributed by atoms with E-state index in [0.29, 0.717) is 18.4 Å². The molecule has 0 aromatic heterocycles. The number of piperidine rings is 1. The van der Waals surface area contributed by atoms with Crippen LogP contribution in [-0.2, 0) is 16.6 Å². The first kappa shape index (κ1) is 20.0. The van der Waals surface area contributed by atoms with Crippen LogP contribution in [0.25, 0.3) is 0 Å². The number of carbonyl (C=O) groups excluding carboxylic acids is 1. The summed E-state index contributed by atoms with van der Waals surface area (Å²) in [5, 5.41) is 0. The Hall–Kier alpha value is -1.34. The van der Waals surface area contributed by atoms with Gasteiger partial charge in [0, 0.05) is 23.4 Å². The van der Waals surface area contributed by atoms with E-state index in [1.807, 2.05) is 6.07 Å². The van der Waals surface area contributed by atoms with E-state index < -0.39 is 0 Å². The number of carbonyl (C=O) groups is 1. The molecule has 4 aliphatic rings. The second-order valence-corrected chi connectivity index (χ2v) is 7.28. The zero-order valence-electron chi connectivity index (χ0n) is 14.5. The van der Waals surface area contributed by atoms with Gasteiger partial charge in [-0.2, -0.15) is 0 Å². The molecule has 1 saturated heterocycles. The van der Waals surface area contributed by atoms with Crippen LogP contribution in [-0.4, -0.2) is 54.5 Å². The molecule has 0 amide bonds. The summed E-state index contributed by atoms with van der Waals surface area (Å²) in [6, 6.07) is 4.73. The lowest BCUT2D eigenvalue weighted by Crippen LogP contribution is -2.65. The monoisotopic (exact) mass is 371 g/mol. The maximum Gasteiger partial charge on any atom is 0.174 e. The summed E-state index contributed by atoms with van der Waals surface area (Å²) in [5.41, 5.74) is 2.57. The first-order valence-corrected chi connectivity index (χ1v) is 8.27. The maximum absolute atomic E-state index is 12.6. The van der Waals surface area contributed by atoms with E-state index in [4.69, 9.17) is 9.47 Å². The molecule has 2 aliphatic carbocycles. The van der Waals surface area contributed by atoms with Gasteiger partial charge in [-0.05, 0) is 50.4 Å². The topological polar surface area (TPSA) is 102 Å². The molecule has 25 heavy (non-hydrogen) atoms. The van der Waals surface area contributed by atoms with Crippen molar-refractivity contribution in [2.45, 2.75) is 43.2 Å². The van der Waals surface area contributed by atoms with Gasteiger partial charge in [-0.3, -0.25) is 4.79 Å². The van der Waals surface area contributed by atoms with Crippen LogP contribution >= 0.6 is 12.4 Å². The lowest BCUT2D eigenvalue weighted by atomic mass is 9.52. The number of hydrogen-bond acceptors (Lipinski definition) is 4. The molecule has 5 rings (SSSR count). The van der Waals surface area contributed by atoms with Crippen molar-refractivity contribution >= 4 is 18.2 Å². The van der Waals surface area contributed by atoms with E-state index in [0.717, 1.165) is 37.3 Å². The standard InChI is InChI=1S/C18H21NO3.ClH.2H2O/c1-19-8-7-18-11-4-5-13(20)17(18)22-16-14(21-2)6-3-10(15(16)18)9-12(11)19;;;/h3,6,11-12,17H,4-5,7-9H2,1-2H3;1H;2*1H2/t11-,12+,17-,18-;;;/m0.../s1. The number of methoxy groups -OCH3 is 1. The Morgan fingerprint density at radius 3 is 2.80 bits per heavy atom. The van der Waals surface area contributed by atoms with Crippen LogP contribution in [0, 0.1) is 5.92 Å². The van der Waals surface area contributed by atoms with Crippen LogP contribution in [0.2, 0.25) is 0 Å². The summed E-state index contributed by atoms with van der Waals surface area (Å²) in [5.74, 6) is 2.46. The fourth-order valence-electron chi connectivity index (χ4n) is 5.67. The Labute approximate surface area is 153 Å². The summed E-state index contributed by atoms with van der Waals surface area (Å²) >= 11 is 0. The number of nitrogens with zero attached hydrogens (tertiary/aromatic N) is 1. The second kappa shape index (κ2) is 6.43. The van der Waals surface area contributed by atoms with Gasteiger partial charge >= 0.3 is 0 Å². The number of benzene rings is 1. The molecule has 1 aromatic rings. The molecule has 1 aromatic carbocycles. The van der Waals surface area contributed by atoms with Gasteiger partial charge in [0.1, 0.15) is 0 Å². The van der Waals surface area contributed by atoms with Crippen molar-refractivity contribution in [1.82, 2.24) is 4.90 Å². The first-order valence-electron chi connectivity index (χ1n) is 8.27. The zero-order valence-corrected chi connectivity index (χ0v) is 15.3. The van der Waals surface area contributed by atoms with E-state index in [1.54, 1.807) is 7.11 Å². The first-order chi connectivity index (χ1) is 10.7. The van der Waals surface area contributed by atoms with Gasteiger partial charge in [0.05, 0.1) is 7.11 Å². The van der Waals surface area contributed by atoms with Gasteiger partial charge < -0.3 is 25.3 Å². The fourth-order valence-corrected chi connectivity index (χ4v) is 5.67. The maximum atomic E-state index is 12.6. The molecule has 140 valence electrons. The van der Waals surface area contributed by atoms with Crippen molar-refractivity contribution in [2.24, 2.45) is 5.92 Å². The van der Waals surface area contributed by atoms with Crippen LogP contribution in [0.15, 0.2) is 12.1 Å². The van der Waals surface area contributed by atoms with E-state index in [1.165, 1.54) is 11.1 Å². The number of halogens is 1. The quantitative estimate of drug-likeness (QED) is 0.725. The smallest absolute Gasteiger partial charge is 0.174 e. The zero-order chi connectivity index (χ0) is 15.1. The van der Waals surface area contributed by atoms with Crippen LogP contribution in [0.4, 0.5) is 0 Å². The van der Waals surface area contributed by atoms with Crippen LogP contribution in [0.5, 0.6) is 11.5 Å². The third-order valence-electron chi connectivity index (χ3n) is 6.59. The van der Waals surface area contributed by atoms with Crippen molar-refractivity contribution in [3.8, 4) is 11.5 Å². The highest BCUT2D eigenvalue weighted by molar-refractivity contribution is 5.89. The third kappa shape index (κ3) is 2.18. The van der Waals surface area contributed by atoms with Crippen molar-refractivity contribution in [1.29, 1.82) is 0 Å². The van der Waals surface area contributed by atoms with Crippen molar-refractivity contribution in [3.05, 3.63) is 23.3 Å². The molecule has 4 N–H and O–H groups in total. The predicted octanol–water partition coefficient (Wildman–Crippen LogP) is 0.706. The van der Waals surface area contributed by atoms with Crippen molar-refractivity contribution in [2.75, 3.05) is 20.7 Å².